The van der Waals surface area contributed by atoms with Crippen molar-refractivity contribution in [1.29, 1.82) is 0 Å². The lowest BCUT2D eigenvalue weighted by Gasteiger charge is -2.05. The first-order valence-corrected chi connectivity index (χ1v) is 5.35. The van der Waals surface area contributed by atoms with Crippen LogP contribution in [0.2, 0.25) is 0 Å². The average molecular weight is 208 g/mol. The molecule has 1 aliphatic rings. The van der Waals surface area contributed by atoms with Crippen LogP contribution in [-0.4, -0.2) is 12.1 Å². The van der Waals surface area contributed by atoms with Gasteiger partial charge in [-0.05, 0) is 18.4 Å². The maximum atomic E-state index is 11.4. The summed E-state index contributed by atoms with van der Waals surface area (Å²) in [7, 11) is 0. The molecule has 1 fully saturated rings. The summed E-state index contributed by atoms with van der Waals surface area (Å²) >= 11 is 0. The lowest BCUT2D eigenvalue weighted by atomic mass is 10.3. The molecule has 1 aromatic heterocycles. The molecule has 15 heavy (non-hydrogen) atoms. The third kappa shape index (κ3) is 2.75. The van der Waals surface area contributed by atoms with Gasteiger partial charge in [0.15, 0.2) is 0 Å². The standard InChI is InChI=1S/C11H16N2O2/c1-2-9-5-10(9)13-11(14)12-6-8-3-4-15-7-8/h3-4,7,9-10H,2,5-6H2,1H3,(H2,12,13,14)/t9-,10-/m1/s1. The van der Waals surface area contributed by atoms with Gasteiger partial charge < -0.3 is 15.1 Å². The van der Waals surface area contributed by atoms with Gasteiger partial charge in [0.2, 0.25) is 0 Å². The SMILES string of the molecule is CC[C@@H]1C[C@H]1NC(=O)NCc1ccoc1. The van der Waals surface area contributed by atoms with Crippen LogP contribution in [0.15, 0.2) is 23.0 Å². The van der Waals surface area contributed by atoms with Crippen molar-refractivity contribution in [3.05, 3.63) is 24.2 Å². The molecule has 0 saturated heterocycles. The Balaban J connectivity index is 1.65. The topological polar surface area (TPSA) is 54.3 Å². The van der Waals surface area contributed by atoms with Gasteiger partial charge in [-0.1, -0.05) is 13.3 Å². The Hall–Kier alpha value is -1.45. The van der Waals surface area contributed by atoms with Gasteiger partial charge in [0.1, 0.15) is 0 Å². The van der Waals surface area contributed by atoms with Gasteiger partial charge in [-0.3, -0.25) is 0 Å². The number of amides is 2. The molecule has 4 heteroatoms. The van der Waals surface area contributed by atoms with E-state index in [0.717, 1.165) is 18.4 Å². The van der Waals surface area contributed by atoms with Crippen molar-refractivity contribution in [2.45, 2.75) is 32.4 Å². The first kappa shape index (κ1) is 10.1. The molecular formula is C11H16N2O2. The van der Waals surface area contributed by atoms with E-state index in [1.54, 1.807) is 12.5 Å². The second-order valence-electron chi connectivity index (χ2n) is 3.97. The van der Waals surface area contributed by atoms with Crippen molar-refractivity contribution >= 4 is 6.03 Å². The third-order valence-electron chi connectivity index (χ3n) is 2.80. The van der Waals surface area contributed by atoms with E-state index < -0.39 is 0 Å². The van der Waals surface area contributed by atoms with E-state index in [0.29, 0.717) is 18.5 Å². The number of carbonyl (C=O) groups is 1. The summed E-state index contributed by atoms with van der Waals surface area (Å²) in [5.74, 6) is 0.685. The Morgan fingerprint density at radius 2 is 2.53 bits per heavy atom. The summed E-state index contributed by atoms with van der Waals surface area (Å²) in [5.41, 5.74) is 0.980. The molecule has 1 heterocycles. The number of hydrogen-bond donors (Lipinski definition) is 2. The second kappa shape index (κ2) is 4.38. The Morgan fingerprint density at radius 1 is 1.67 bits per heavy atom. The van der Waals surface area contributed by atoms with Gasteiger partial charge in [0.05, 0.1) is 12.5 Å². The molecule has 2 amide bonds. The van der Waals surface area contributed by atoms with E-state index in [2.05, 4.69) is 17.6 Å². The average Bonchev–Trinajstić information content (AvgIpc) is 2.78. The zero-order valence-corrected chi connectivity index (χ0v) is 8.82. The number of rotatable bonds is 4. The van der Waals surface area contributed by atoms with Crippen LogP contribution in [0.4, 0.5) is 4.79 Å². The molecule has 1 aromatic rings. The van der Waals surface area contributed by atoms with E-state index in [4.69, 9.17) is 4.42 Å². The van der Waals surface area contributed by atoms with Crippen molar-refractivity contribution in [1.82, 2.24) is 10.6 Å². The summed E-state index contributed by atoms with van der Waals surface area (Å²) in [4.78, 5) is 11.4. The fourth-order valence-electron chi connectivity index (χ4n) is 1.67. The van der Waals surface area contributed by atoms with Crippen molar-refractivity contribution < 1.29 is 9.21 Å². The highest BCUT2D eigenvalue weighted by atomic mass is 16.3. The molecule has 1 aliphatic carbocycles. The molecular weight excluding hydrogens is 192 g/mol. The normalized spacial score (nSPS) is 23.5. The van der Waals surface area contributed by atoms with E-state index in [9.17, 15) is 4.79 Å². The Labute approximate surface area is 89.0 Å². The van der Waals surface area contributed by atoms with Gasteiger partial charge in [-0.2, -0.15) is 0 Å². The Bertz CT molecular complexity index is 321. The molecule has 0 aromatic carbocycles. The van der Waals surface area contributed by atoms with Crippen LogP contribution in [-0.2, 0) is 6.54 Å². The van der Waals surface area contributed by atoms with Gasteiger partial charge in [0, 0.05) is 18.2 Å². The number of nitrogens with one attached hydrogen (secondary N) is 2. The number of urea groups is 1. The van der Waals surface area contributed by atoms with Crippen molar-refractivity contribution in [2.75, 3.05) is 0 Å². The molecule has 4 nitrogen and oxygen atoms in total. The quantitative estimate of drug-likeness (QED) is 0.793. The van der Waals surface area contributed by atoms with Gasteiger partial charge in [0.25, 0.3) is 0 Å². The Morgan fingerprint density at radius 3 is 3.13 bits per heavy atom. The van der Waals surface area contributed by atoms with Gasteiger partial charge in [-0.25, -0.2) is 4.79 Å². The van der Waals surface area contributed by atoms with Crippen LogP contribution >= 0.6 is 0 Å². The Kier molecular flexibility index (Phi) is 2.94. The maximum absolute atomic E-state index is 11.4. The molecule has 0 radical (unpaired) electrons. The minimum atomic E-state index is -0.0860. The highest BCUT2D eigenvalue weighted by Gasteiger charge is 2.36. The summed E-state index contributed by atoms with van der Waals surface area (Å²) < 4.78 is 4.90. The fraction of sp³-hybridized carbons (Fsp3) is 0.545. The molecule has 0 spiro atoms. The maximum Gasteiger partial charge on any atom is 0.315 e. The molecule has 0 unspecified atom stereocenters. The third-order valence-corrected chi connectivity index (χ3v) is 2.80. The monoisotopic (exact) mass is 208 g/mol. The molecule has 2 atom stereocenters. The van der Waals surface area contributed by atoms with E-state index >= 15 is 0 Å². The summed E-state index contributed by atoms with van der Waals surface area (Å²) in [6, 6.07) is 2.14. The minimum Gasteiger partial charge on any atom is -0.472 e. The molecule has 82 valence electrons. The largest absolute Gasteiger partial charge is 0.472 e. The zero-order chi connectivity index (χ0) is 10.7. The fourth-order valence-corrected chi connectivity index (χ4v) is 1.67. The van der Waals surface area contributed by atoms with Gasteiger partial charge >= 0.3 is 6.03 Å². The van der Waals surface area contributed by atoms with Crippen molar-refractivity contribution in [3.63, 3.8) is 0 Å². The highest BCUT2D eigenvalue weighted by molar-refractivity contribution is 5.74. The second-order valence-corrected chi connectivity index (χ2v) is 3.97. The van der Waals surface area contributed by atoms with Crippen molar-refractivity contribution in [2.24, 2.45) is 5.92 Å². The summed E-state index contributed by atoms with van der Waals surface area (Å²) in [6.45, 7) is 2.67. The summed E-state index contributed by atoms with van der Waals surface area (Å²) in [5, 5.41) is 5.73. The summed E-state index contributed by atoms with van der Waals surface area (Å²) in [6.07, 6.45) is 5.50. The lowest BCUT2D eigenvalue weighted by Crippen LogP contribution is -2.36. The minimum absolute atomic E-state index is 0.0860. The molecule has 2 N–H and O–H groups in total. The zero-order valence-electron chi connectivity index (χ0n) is 8.82. The van der Waals surface area contributed by atoms with Crippen LogP contribution in [0, 0.1) is 5.92 Å². The van der Waals surface area contributed by atoms with Crippen LogP contribution in [0.5, 0.6) is 0 Å². The molecule has 0 aliphatic heterocycles. The molecule has 0 bridgehead atoms. The number of carbonyl (C=O) groups excluding carboxylic acids is 1. The smallest absolute Gasteiger partial charge is 0.315 e. The van der Waals surface area contributed by atoms with Crippen LogP contribution in [0.25, 0.3) is 0 Å². The number of furan rings is 1. The first-order valence-electron chi connectivity index (χ1n) is 5.35. The number of hydrogen-bond acceptors (Lipinski definition) is 2. The predicted molar refractivity (Wildman–Crippen MR) is 56.3 cm³/mol. The van der Waals surface area contributed by atoms with Crippen LogP contribution in [0.3, 0.4) is 0 Å². The molecule has 1 saturated carbocycles. The van der Waals surface area contributed by atoms with Crippen LogP contribution < -0.4 is 10.6 Å². The predicted octanol–water partition coefficient (Wildman–Crippen LogP) is 1.88. The van der Waals surface area contributed by atoms with Crippen molar-refractivity contribution in [3.8, 4) is 0 Å². The van der Waals surface area contributed by atoms with Gasteiger partial charge in [-0.15, -0.1) is 0 Å². The first-order chi connectivity index (χ1) is 7.29. The highest BCUT2D eigenvalue weighted by Crippen LogP contribution is 2.32. The van der Waals surface area contributed by atoms with Crippen LogP contribution in [0.1, 0.15) is 25.3 Å². The molecule has 2 rings (SSSR count). The lowest BCUT2D eigenvalue weighted by molar-refractivity contribution is 0.239. The van der Waals surface area contributed by atoms with E-state index in [-0.39, 0.29) is 6.03 Å². The van der Waals surface area contributed by atoms with E-state index in [1.807, 2.05) is 6.07 Å². The van der Waals surface area contributed by atoms with E-state index in [1.165, 1.54) is 0 Å².